The number of amides is 1. The maximum atomic E-state index is 11.5. The van der Waals surface area contributed by atoms with Crippen molar-refractivity contribution in [1.82, 2.24) is 15.3 Å². The molecule has 1 unspecified atom stereocenters. The van der Waals surface area contributed by atoms with Gasteiger partial charge in [0, 0.05) is 0 Å². The minimum atomic E-state index is -0.565. The van der Waals surface area contributed by atoms with E-state index in [4.69, 9.17) is 44.3 Å². The molecule has 0 saturated heterocycles. The molecule has 118 valence electrons. The molecule has 21 heavy (non-hydrogen) atoms. The molecule has 0 aliphatic heterocycles. The van der Waals surface area contributed by atoms with Gasteiger partial charge in [-0.1, -0.05) is 23.2 Å². The lowest BCUT2D eigenvalue weighted by molar-refractivity contribution is 0.0505. The van der Waals surface area contributed by atoms with Crippen LogP contribution < -0.4 is 10.1 Å². The zero-order valence-corrected chi connectivity index (χ0v) is 14.3. The molecular weight excluding hydrogens is 341 g/mol. The van der Waals surface area contributed by atoms with E-state index in [0.717, 1.165) is 0 Å². The van der Waals surface area contributed by atoms with Gasteiger partial charge in [-0.3, -0.25) is 0 Å². The van der Waals surface area contributed by atoms with E-state index in [1.807, 2.05) is 0 Å². The molecular formula is C12H16Cl3N3O3. The first-order chi connectivity index (χ1) is 9.58. The Morgan fingerprint density at radius 3 is 2.24 bits per heavy atom. The normalized spacial score (nSPS) is 12.7. The van der Waals surface area contributed by atoms with Crippen molar-refractivity contribution in [2.45, 2.75) is 39.4 Å². The van der Waals surface area contributed by atoms with Gasteiger partial charge in [0.1, 0.15) is 11.7 Å². The summed E-state index contributed by atoms with van der Waals surface area (Å²) in [6.07, 6.45) is -0.959. The van der Waals surface area contributed by atoms with Gasteiger partial charge in [0.05, 0.1) is 6.54 Å². The van der Waals surface area contributed by atoms with Crippen LogP contribution >= 0.6 is 34.8 Å². The van der Waals surface area contributed by atoms with Crippen LogP contribution in [0.3, 0.4) is 0 Å². The molecule has 0 spiro atoms. The molecule has 0 bridgehead atoms. The Bertz CT molecular complexity index is 497. The highest BCUT2D eigenvalue weighted by atomic mass is 35.5. The van der Waals surface area contributed by atoms with Crippen LogP contribution in [0.15, 0.2) is 0 Å². The van der Waals surface area contributed by atoms with E-state index in [2.05, 4.69) is 15.3 Å². The third-order valence-electron chi connectivity index (χ3n) is 2.01. The highest BCUT2D eigenvalue weighted by molar-refractivity contribution is 6.37. The lowest BCUT2D eigenvalue weighted by Gasteiger charge is -2.21. The van der Waals surface area contributed by atoms with Crippen LogP contribution in [0.4, 0.5) is 4.79 Å². The minimum Gasteiger partial charge on any atom is -0.483 e. The van der Waals surface area contributed by atoms with Crippen LogP contribution in [-0.2, 0) is 4.74 Å². The molecule has 1 aromatic heterocycles. The molecule has 0 saturated carbocycles. The summed E-state index contributed by atoms with van der Waals surface area (Å²) in [6.45, 7) is 7.24. The summed E-state index contributed by atoms with van der Waals surface area (Å²) < 4.78 is 10.6. The Balaban J connectivity index is 2.55. The molecule has 0 fully saturated rings. The maximum Gasteiger partial charge on any atom is 0.407 e. The Morgan fingerprint density at radius 2 is 1.76 bits per heavy atom. The number of halogens is 3. The zero-order valence-electron chi connectivity index (χ0n) is 12.0. The van der Waals surface area contributed by atoms with Crippen molar-refractivity contribution < 1.29 is 14.3 Å². The van der Waals surface area contributed by atoms with Crippen molar-refractivity contribution in [3.05, 3.63) is 15.6 Å². The first-order valence-electron chi connectivity index (χ1n) is 6.10. The van der Waals surface area contributed by atoms with E-state index in [0.29, 0.717) is 0 Å². The molecule has 0 radical (unpaired) electrons. The predicted octanol–water partition coefficient (Wildman–Crippen LogP) is 3.73. The summed E-state index contributed by atoms with van der Waals surface area (Å²) in [5, 5.41) is 2.51. The van der Waals surface area contributed by atoms with Crippen LogP contribution in [0.5, 0.6) is 5.75 Å². The quantitative estimate of drug-likeness (QED) is 0.657. The number of ether oxygens (including phenoxy) is 2. The summed E-state index contributed by atoms with van der Waals surface area (Å²) in [7, 11) is 0. The van der Waals surface area contributed by atoms with Gasteiger partial charge in [0.2, 0.25) is 5.28 Å². The summed E-state index contributed by atoms with van der Waals surface area (Å²) in [6, 6.07) is 0. The Kier molecular flexibility index (Phi) is 6.31. The Hall–Kier alpha value is -0.980. The number of aromatic nitrogens is 2. The standard InChI is InChI=1S/C12H16Cl3N3O3/c1-6(5-16-11(19)21-12(2,3)4)20-7-8(13)17-10(15)18-9(7)14/h6H,5H2,1-4H3,(H,16,19). The van der Waals surface area contributed by atoms with Crippen molar-refractivity contribution in [2.75, 3.05) is 6.54 Å². The van der Waals surface area contributed by atoms with E-state index < -0.39 is 17.8 Å². The fraction of sp³-hybridized carbons (Fsp3) is 0.583. The van der Waals surface area contributed by atoms with Gasteiger partial charge < -0.3 is 14.8 Å². The van der Waals surface area contributed by atoms with Crippen LogP contribution in [0.25, 0.3) is 0 Å². The van der Waals surface area contributed by atoms with Gasteiger partial charge in [-0.25, -0.2) is 14.8 Å². The van der Waals surface area contributed by atoms with E-state index in [1.54, 1.807) is 27.7 Å². The predicted molar refractivity (Wildman–Crippen MR) is 81.4 cm³/mol. The number of nitrogens with one attached hydrogen (secondary N) is 1. The van der Waals surface area contributed by atoms with Gasteiger partial charge in [-0.15, -0.1) is 0 Å². The summed E-state index contributed by atoms with van der Waals surface area (Å²) in [5.41, 5.74) is -0.565. The molecule has 1 amide bonds. The van der Waals surface area contributed by atoms with Crippen molar-refractivity contribution in [3.8, 4) is 5.75 Å². The van der Waals surface area contributed by atoms with Crippen molar-refractivity contribution in [2.24, 2.45) is 0 Å². The average molecular weight is 357 g/mol. The third-order valence-corrected chi connectivity index (χ3v) is 2.69. The van der Waals surface area contributed by atoms with Gasteiger partial charge in [-0.2, -0.15) is 0 Å². The highest BCUT2D eigenvalue weighted by Crippen LogP contribution is 2.31. The van der Waals surface area contributed by atoms with Gasteiger partial charge in [0.25, 0.3) is 0 Å². The molecule has 0 aliphatic carbocycles. The summed E-state index contributed by atoms with van der Waals surface area (Å²) >= 11 is 17.3. The molecule has 1 aromatic rings. The molecule has 0 aliphatic rings. The Labute approximate surface area is 138 Å². The molecule has 9 heteroatoms. The molecule has 6 nitrogen and oxygen atoms in total. The maximum absolute atomic E-state index is 11.5. The number of hydrogen-bond acceptors (Lipinski definition) is 5. The number of carbonyl (C=O) groups is 1. The number of carbonyl (C=O) groups excluding carboxylic acids is 1. The van der Waals surface area contributed by atoms with Crippen molar-refractivity contribution >= 4 is 40.9 Å². The highest BCUT2D eigenvalue weighted by Gasteiger charge is 2.18. The first kappa shape index (κ1) is 18.1. The van der Waals surface area contributed by atoms with E-state index in [9.17, 15) is 4.79 Å². The minimum absolute atomic E-state index is 0.00381. The van der Waals surface area contributed by atoms with E-state index in [1.165, 1.54) is 0 Å². The summed E-state index contributed by atoms with van der Waals surface area (Å²) in [5.74, 6) is 0.112. The molecule has 1 N–H and O–H groups in total. The molecule has 1 heterocycles. The Morgan fingerprint density at radius 1 is 1.24 bits per heavy atom. The summed E-state index contributed by atoms with van der Waals surface area (Å²) in [4.78, 5) is 19.0. The number of nitrogens with zero attached hydrogens (tertiary/aromatic N) is 2. The van der Waals surface area contributed by atoms with E-state index >= 15 is 0 Å². The number of rotatable bonds is 4. The smallest absolute Gasteiger partial charge is 0.407 e. The van der Waals surface area contributed by atoms with Crippen LogP contribution in [0.2, 0.25) is 15.6 Å². The van der Waals surface area contributed by atoms with Crippen molar-refractivity contribution in [3.63, 3.8) is 0 Å². The number of hydrogen-bond donors (Lipinski definition) is 1. The fourth-order valence-corrected chi connectivity index (χ4v) is 1.99. The topological polar surface area (TPSA) is 73.3 Å². The van der Waals surface area contributed by atoms with Gasteiger partial charge >= 0.3 is 6.09 Å². The second-order valence-electron chi connectivity index (χ2n) is 5.21. The van der Waals surface area contributed by atoms with Crippen molar-refractivity contribution in [1.29, 1.82) is 0 Å². The zero-order chi connectivity index (χ0) is 16.2. The van der Waals surface area contributed by atoms with Crippen LogP contribution in [-0.4, -0.2) is 34.3 Å². The number of alkyl carbamates (subject to hydrolysis) is 1. The average Bonchev–Trinajstić information content (AvgIpc) is 2.29. The lowest BCUT2D eigenvalue weighted by atomic mass is 10.2. The lowest BCUT2D eigenvalue weighted by Crippen LogP contribution is -2.37. The van der Waals surface area contributed by atoms with Gasteiger partial charge in [0.15, 0.2) is 16.1 Å². The molecule has 0 aromatic carbocycles. The van der Waals surface area contributed by atoms with E-state index in [-0.39, 0.29) is 27.9 Å². The molecule has 1 rings (SSSR count). The molecule has 1 atom stereocenters. The monoisotopic (exact) mass is 355 g/mol. The second kappa shape index (κ2) is 7.33. The second-order valence-corrected chi connectivity index (χ2v) is 6.27. The largest absolute Gasteiger partial charge is 0.483 e. The van der Waals surface area contributed by atoms with Crippen LogP contribution in [0.1, 0.15) is 27.7 Å². The first-order valence-corrected chi connectivity index (χ1v) is 7.24. The SMILES string of the molecule is CC(CNC(=O)OC(C)(C)C)Oc1c(Cl)nc(Cl)nc1Cl. The fourth-order valence-electron chi connectivity index (χ4n) is 1.25. The third kappa shape index (κ3) is 6.54. The van der Waals surface area contributed by atoms with Crippen LogP contribution in [0, 0.1) is 0 Å². The van der Waals surface area contributed by atoms with Gasteiger partial charge in [-0.05, 0) is 39.3 Å².